The van der Waals surface area contributed by atoms with E-state index in [1.165, 1.54) is 21.3 Å². The van der Waals surface area contributed by atoms with E-state index in [0.29, 0.717) is 28.5 Å². The molecular weight excluding hydrogens is 393 g/mol. The van der Waals surface area contributed by atoms with Gasteiger partial charge < -0.3 is 34.0 Å². The maximum atomic E-state index is 15.5. The zero-order valence-electron chi connectivity index (χ0n) is 17.7. The van der Waals surface area contributed by atoms with Gasteiger partial charge in [-0.05, 0) is 12.1 Å². The molecule has 0 unspecified atom stereocenters. The molecule has 0 amide bonds. The summed E-state index contributed by atoms with van der Waals surface area (Å²) < 4.78 is 44.1. The number of nitrogens with two attached hydrogens (primary N) is 1. The number of aryl methyl sites for hydroxylation is 1. The number of methoxy groups -OCH3 is 5. The fourth-order valence-electron chi connectivity index (χ4n) is 3.35. The first-order valence-corrected chi connectivity index (χ1v) is 8.93. The molecule has 0 spiro atoms. The topological polar surface area (TPSA) is 90.0 Å². The largest absolute Gasteiger partial charge is 0.497 e. The van der Waals surface area contributed by atoms with Gasteiger partial charge in [-0.2, -0.15) is 0 Å². The normalized spacial score (nSPS) is 10.6. The Hall–Kier alpha value is -3.62. The summed E-state index contributed by atoms with van der Waals surface area (Å²) in [5.74, 6) is 0.817. The molecule has 0 radical (unpaired) electrons. The summed E-state index contributed by atoms with van der Waals surface area (Å²) in [7, 11) is 9.07. The third kappa shape index (κ3) is 3.32. The van der Waals surface area contributed by atoms with E-state index in [0.717, 1.165) is 0 Å². The number of hydrogen-bond donors (Lipinski definition) is 1. The lowest BCUT2D eigenvalue weighted by atomic mass is 10.0. The summed E-state index contributed by atoms with van der Waals surface area (Å²) in [6.07, 6.45) is 1.57. The van der Waals surface area contributed by atoms with Gasteiger partial charge in [-0.1, -0.05) is 0 Å². The second kappa shape index (κ2) is 8.40. The Morgan fingerprint density at radius 2 is 1.40 bits per heavy atom. The van der Waals surface area contributed by atoms with E-state index in [1.807, 2.05) is 0 Å². The third-order valence-corrected chi connectivity index (χ3v) is 4.75. The summed E-state index contributed by atoms with van der Waals surface area (Å²) >= 11 is 0. The molecule has 3 aromatic rings. The average molecular weight is 417 g/mol. The van der Waals surface area contributed by atoms with Gasteiger partial charge in [-0.3, -0.25) is 0 Å². The van der Waals surface area contributed by atoms with Gasteiger partial charge in [0.1, 0.15) is 17.2 Å². The molecule has 0 aliphatic heterocycles. The second-order valence-corrected chi connectivity index (χ2v) is 6.36. The van der Waals surface area contributed by atoms with Crippen molar-refractivity contribution in [3.05, 3.63) is 30.3 Å². The van der Waals surface area contributed by atoms with Gasteiger partial charge in [-0.15, -0.1) is 0 Å². The summed E-state index contributed by atoms with van der Waals surface area (Å²) in [6.45, 7) is 0. The molecule has 1 heterocycles. The highest BCUT2D eigenvalue weighted by atomic mass is 19.1. The SMILES string of the molecule is COc1cc(OC)cc(-c2ncn(C)c2-c2c(F)c(N)c(OC)c(OC)c2OC)c1. The Bertz CT molecular complexity index is 1060. The lowest BCUT2D eigenvalue weighted by Gasteiger charge is -2.20. The smallest absolute Gasteiger partial charge is 0.206 e. The molecule has 160 valence electrons. The Balaban J connectivity index is 2.38. The van der Waals surface area contributed by atoms with Crippen LogP contribution >= 0.6 is 0 Å². The molecule has 0 aliphatic carbocycles. The number of anilines is 1. The molecule has 0 aliphatic rings. The minimum Gasteiger partial charge on any atom is -0.497 e. The molecule has 0 fully saturated rings. The molecule has 2 aromatic carbocycles. The molecule has 2 N–H and O–H groups in total. The maximum Gasteiger partial charge on any atom is 0.206 e. The quantitative estimate of drug-likeness (QED) is 0.588. The second-order valence-electron chi connectivity index (χ2n) is 6.36. The van der Waals surface area contributed by atoms with Crippen LogP contribution in [0.4, 0.5) is 10.1 Å². The van der Waals surface area contributed by atoms with E-state index in [2.05, 4.69) is 4.98 Å². The third-order valence-electron chi connectivity index (χ3n) is 4.75. The van der Waals surface area contributed by atoms with Crippen LogP contribution in [-0.2, 0) is 7.05 Å². The number of hydrogen-bond acceptors (Lipinski definition) is 7. The summed E-state index contributed by atoms with van der Waals surface area (Å²) in [4.78, 5) is 4.47. The van der Waals surface area contributed by atoms with Crippen LogP contribution in [0.25, 0.3) is 22.5 Å². The minimum atomic E-state index is -0.704. The molecule has 1 aromatic heterocycles. The van der Waals surface area contributed by atoms with Crippen molar-refractivity contribution in [3.63, 3.8) is 0 Å². The van der Waals surface area contributed by atoms with Crippen molar-refractivity contribution in [2.45, 2.75) is 0 Å². The number of nitrogen functional groups attached to an aromatic ring is 1. The van der Waals surface area contributed by atoms with Crippen LogP contribution < -0.4 is 29.4 Å². The van der Waals surface area contributed by atoms with E-state index in [9.17, 15) is 0 Å². The molecule has 8 nitrogen and oxygen atoms in total. The zero-order valence-corrected chi connectivity index (χ0v) is 17.7. The molecule has 0 saturated carbocycles. The fraction of sp³-hybridized carbons (Fsp3) is 0.286. The van der Waals surface area contributed by atoms with Crippen LogP contribution in [-0.4, -0.2) is 45.1 Å². The lowest BCUT2D eigenvalue weighted by Crippen LogP contribution is -2.06. The minimum absolute atomic E-state index is 0.0577. The summed E-state index contributed by atoms with van der Waals surface area (Å²) in [5, 5.41) is 0. The highest BCUT2D eigenvalue weighted by Crippen LogP contribution is 2.51. The van der Waals surface area contributed by atoms with E-state index in [1.54, 1.807) is 50.4 Å². The first-order chi connectivity index (χ1) is 14.4. The van der Waals surface area contributed by atoms with Crippen molar-refractivity contribution in [2.24, 2.45) is 7.05 Å². The Morgan fingerprint density at radius 1 is 0.833 bits per heavy atom. The van der Waals surface area contributed by atoms with Crippen LogP contribution in [0.2, 0.25) is 0 Å². The van der Waals surface area contributed by atoms with Gasteiger partial charge in [0.15, 0.2) is 17.3 Å². The number of aromatic nitrogens is 2. The van der Waals surface area contributed by atoms with Crippen molar-refractivity contribution in [1.29, 1.82) is 0 Å². The Labute approximate surface area is 173 Å². The Kier molecular flexibility index (Phi) is 5.91. The van der Waals surface area contributed by atoms with Crippen molar-refractivity contribution in [1.82, 2.24) is 9.55 Å². The molecular formula is C21H24FN3O5. The monoisotopic (exact) mass is 417 g/mol. The van der Waals surface area contributed by atoms with Gasteiger partial charge in [0.05, 0.1) is 58.8 Å². The van der Waals surface area contributed by atoms with E-state index in [-0.39, 0.29) is 28.5 Å². The molecule has 0 atom stereocenters. The number of imidazole rings is 1. The van der Waals surface area contributed by atoms with Gasteiger partial charge >= 0.3 is 0 Å². The van der Waals surface area contributed by atoms with Crippen molar-refractivity contribution >= 4 is 5.69 Å². The highest BCUT2D eigenvalue weighted by Gasteiger charge is 2.30. The first-order valence-electron chi connectivity index (χ1n) is 8.93. The number of rotatable bonds is 7. The van der Waals surface area contributed by atoms with E-state index >= 15 is 4.39 Å². The fourth-order valence-corrected chi connectivity index (χ4v) is 3.35. The van der Waals surface area contributed by atoms with Crippen LogP contribution in [0.1, 0.15) is 0 Å². The summed E-state index contributed by atoms with van der Waals surface area (Å²) in [5.41, 5.74) is 7.52. The van der Waals surface area contributed by atoms with Crippen molar-refractivity contribution in [3.8, 4) is 51.3 Å². The predicted molar refractivity (Wildman–Crippen MR) is 111 cm³/mol. The van der Waals surface area contributed by atoms with Crippen molar-refractivity contribution in [2.75, 3.05) is 41.3 Å². The lowest BCUT2D eigenvalue weighted by molar-refractivity contribution is 0.323. The molecule has 0 saturated heterocycles. The highest BCUT2D eigenvalue weighted by molar-refractivity contribution is 5.88. The van der Waals surface area contributed by atoms with Crippen molar-refractivity contribution < 1.29 is 28.1 Å². The molecule has 3 rings (SSSR count). The van der Waals surface area contributed by atoms with Gasteiger partial charge in [0, 0.05) is 18.7 Å². The van der Waals surface area contributed by atoms with Crippen LogP contribution in [0.15, 0.2) is 24.5 Å². The van der Waals surface area contributed by atoms with E-state index in [4.69, 9.17) is 29.4 Å². The molecule has 30 heavy (non-hydrogen) atoms. The van der Waals surface area contributed by atoms with Gasteiger partial charge in [-0.25, -0.2) is 9.37 Å². The standard InChI is InChI=1S/C21H24FN3O5/c1-25-10-24-17(11-7-12(26-2)9-13(8-11)27-3)18(25)14-15(22)16(23)20(29-5)21(30-6)19(14)28-4/h7-10H,23H2,1-6H3. The number of benzene rings is 2. The number of ether oxygens (including phenoxy) is 5. The summed E-state index contributed by atoms with van der Waals surface area (Å²) in [6, 6.07) is 5.30. The number of halogens is 1. The molecule has 9 heteroatoms. The Morgan fingerprint density at radius 3 is 1.90 bits per heavy atom. The molecule has 0 bridgehead atoms. The first kappa shape index (κ1) is 21.1. The van der Waals surface area contributed by atoms with Crippen LogP contribution in [0.3, 0.4) is 0 Å². The van der Waals surface area contributed by atoms with Gasteiger partial charge in [0.25, 0.3) is 0 Å². The van der Waals surface area contributed by atoms with Crippen LogP contribution in [0, 0.1) is 5.82 Å². The maximum absolute atomic E-state index is 15.5. The zero-order chi connectivity index (χ0) is 22.0. The van der Waals surface area contributed by atoms with Gasteiger partial charge in [0.2, 0.25) is 5.75 Å². The van der Waals surface area contributed by atoms with Crippen LogP contribution in [0.5, 0.6) is 28.7 Å². The number of nitrogens with zero attached hydrogens (tertiary/aromatic N) is 2. The average Bonchev–Trinajstić information content (AvgIpc) is 3.15. The predicted octanol–water partition coefficient (Wildman–Crippen LogP) is 3.52. The van der Waals surface area contributed by atoms with E-state index < -0.39 is 5.82 Å².